The number of amides is 1. The van der Waals surface area contributed by atoms with Gasteiger partial charge >= 0.3 is 0 Å². The standard InChI is InChI=1S/C18H17N3O5S/c1-25-11-3-5-15-13(9-11)16(7-8-20-15)21-18(22)14-10-12(27(19,23)24)4-6-17(14)26-2/h3-10H,1-2H3,(H2,19,23,24)(H,20,21,22). The normalized spacial score (nSPS) is 11.2. The van der Waals surface area contributed by atoms with Gasteiger partial charge in [0.05, 0.1) is 35.9 Å². The molecule has 1 aromatic heterocycles. The topological polar surface area (TPSA) is 121 Å². The number of nitrogens with two attached hydrogens (primary N) is 1. The molecule has 1 amide bonds. The van der Waals surface area contributed by atoms with E-state index in [1.165, 1.54) is 25.3 Å². The molecule has 0 saturated carbocycles. The van der Waals surface area contributed by atoms with E-state index in [0.29, 0.717) is 22.3 Å². The minimum atomic E-state index is -3.96. The predicted octanol–water partition coefficient (Wildman–Crippen LogP) is 2.15. The molecule has 27 heavy (non-hydrogen) atoms. The minimum absolute atomic E-state index is 0.0388. The van der Waals surface area contributed by atoms with E-state index in [0.717, 1.165) is 0 Å². The zero-order valence-corrected chi connectivity index (χ0v) is 15.4. The Morgan fingerprint density at radius 1 is 1.07 bits per heavy atom. The molecule has 0 aliphatic heterocycles. The predicted molar refractivity (Wildman–Crippen MR) is 101 cm³/mol. The molecular weight excluding hydrogens is 370 g/mol. The van der Waals surface area contributed by atoms with Crippen LogP contribution in [0.5, 0.6) is 11.5 Å². The van der Waals surface area contributed by atoms with E-state index in [9.17, 15) is 13.2 Å². The lowest BCUT2D eigenvalue weighted by Crippen LogP contribution is -2.17. The van der Waals surface area contributed by atoms with Crippen LogP contribution >= 0.6 is 0 Å². The van der Waals surface area contributed by atoms with Crippen molar-refractivity contribution in [3.63, 3.8) is 0 Å². The van der Waals surface area contributed by atoms with E-state index in [2.05, 4.69) is 10.3 Å². The van der Waals surface area contributed by atoms with E-state index >= 15 is 0 Å². The number of sulfonamides is 1. The van der Waals surface area contributed by atoms with Crippen LogP contribution in [0.15, 0.2) is 53.6 Å². The van der Waals surface area contributed by atoms with Gasteiger partial charge in [-0.25, -0.2) is 13.6 Å². The zero-order chi connectivity index (χ0) is 19.6. The van der Waals surface area contributed by atoms with Crippen molar-refractivity contribution in [3.05, 3.63) is 54.2 Å². The lowest BCUT2D eigenvalue weighted by molar-refractivity contribution is 0.102. The van der Waals surface area contributed by atoms with Gasteiger partial charge in [-0.1, -0.05) is 0 Å². The van der Waals surface area contributed by atoms with Crippen LogP contribution in [0.4, 0.5) is 5.69 Å². The summed E-state index contributed by atoms with van der Waals surface area (Å²) in [6, 6.07) is 10.7. The van der Waals surface area contributed by atoms with Crippen LogP contribution < -0.4 is 19.9 Å². The molecule has 0 bridgehead atoms. The zero-order valence-electron chi connectivity index (χ0n) is 14.6. The van der Waals surface area contributed by atoms with Gasteiger partial charge in [0.25, 0.3) is 5.91 Å². The van der Waals surface area contributed by atoms with E-state index in [1.807, 2.05) is 0 Å². The summed E-state index contributed by atoms with van der Waals surface area (Å²) in [5.74, 6) is 0.281. The van der Waals surface area contributed by atoms with Crippen LogP contribution in [0.3, 0.4) is 0 Å². The quantitative estimate of drug-likeness (QED) is 0.692. The molecule has 140 valence electrons. The number of hydrogen-bond acceptors (Lipinski definition) is 6. The van der Waals surface area contributed by atoms with Crippen molar-refractivity contribution < 1.29 is 22.7 Å². The second-order valence-electron chi connectivity index (χ2n) is 5.60. The summed E-state index contributed by atoms with van der Waals surface area (Å²) in [4.78, 5) is 16.9. The third kappa shape index (κ3) is 3.83. The molecule has 0 spiro atoms. The van der Waals surface area contributed by atoms with Gasteiger partial charge < -0.3 is 14.8 Å². The number of methoxy groups -OCH3 is 2. The molecule has 0 saturated heterocycles. The number of benzene rings is 2. The third-order valence-corrected chi connectivity index (χ3v) is 4.85. The number of fused-ring (bicyclic) bond motifs is 1. The summed E-state index contributed by atoms with van der Waals surface area (Å²) < 4.78 is 33.6. The summed E-state index contributed by atoms with van der Waals surface area (Å²) in [7, 11) is -1.04. The van der Waals surface area contributed by atoms with Crippen LogP contribution in [0.2, 0.25) is 0 Å². The van der Waals surface area contributed by atoms with Crippen LogP contribution in [-0.2, 0) is 10.0 Å². The minimum Gasteiger partial charge on any atom is -0.497 e. The Bertz CT molecular complexity index is 1130. The van der Waals surface area contributed by atoms with Crippen molar-refractivity contribution in [3.8, 4) is 11.5 Å². The molecule has 3 rings (SSSR count). The summed E-state index contributed by atoms with van der Waals surface area (Å²) in [5, 5.41) is 8.58. The van der Waals surface area contributed by atoms with Crippen LogP contribution in [-0.4, -0.2) is 33.5 Å². The van der Waals surface area contributed by atoms with Crippen molar-refractivity contribution in [2.45, 2.75) is 4.90 Å². The van der Waals surface area contributed by atoms with Crippen molar-refractivity contribution in [1.29, 1.82) is 0 Å². The molecule has 0 fully saturated rings. The van der Waals surface area contributed by atoms with Crippen LogP contribution in [0.25, 0.3) is 10.9 Å². The largest absolute Gasteiger partial charge is 0.497 e. The SMILES string of the molecule is COc1ccc2nccc(NC(=O)c3cc(S(N)(=O)=O)ccc3OC)c2c1. The number of hydrogen-bond donors (Lipinski definition) is 2. The maximum absolute atomic E-state index is 12.8. The molecule has 0 aliphatic rings. The average Bonchev–Trinajstić information content (AvgIpc) is 2.66. The molecule has 0 atom stereocenters. The number of primary sulfonamides is 1. The molecule has 2 aromatic carbocycles. The van der Waals surface area contributed by atoms with Gasteiger partial charge in [-0.2, -0.15) is 0 Å². The Balaban J connectivity index is 2.04. The molecule has 3 aromatic rings. The molecular formula is C18H17N3O5S. The highest BCUT2D eigenvalue weighted by Gasteiger charge is 2.18. The van der Waals surface area contributed by atoms with Gasteiger partial charge in [0.2, 0.25) is 10.0 Å². The van der Waals surface area contributed by atoms with Crippen molar-refractivity contribution >= 4 is 32.5 Å². The smallest absolute Gasteiger partial charge is 0.259 e. The molecule has 3 N–H and O–H groups in total. The Hall–Kier alpha value is -3.17. The number of aromatic nitrogens is 1. The summed E-state index contributed by atoms with van der Waals surface area (Å²) in [6.07, 6.45) is 1.56. The van der Waals surface area contributed by atoms with Gasteiger partial charge in [-0.05, 0) is 42.5 Å². The summed E-state index contributed by atoms with van der Waals surface area (Å²) in [6.45, 7) is 0. The fourth-order valence-electron chi connectivity index (χ4n) is 2.59. The highest BCUT2D eigenvalue weighted by atomic mass is 32.2. The molecule has 0 unspecified atom stereocenters. The third-order valence-electron chi connectivity index (χ3n) is 3.94. The van der Waals surface area contributed by atoms with Crippen molar-refractivity contribution in [1.82, 2.24) is 4.98 Å². The molecule has 8 nitrogen and oxygen atoms in total. The lowest BCUT2D eigenvalue weighted by Gasteiger charge is -2.12. The van der Waals surface area contributed by atoms with E-state index in [4.69, 9.17) is 14.6 Å². The second-order valence-corrected chi connectivity index (χ2v) is 7.16. The first kappa shape index (κ1) is 18.6. The number of rotatable bonds is 5. The number of carbonyl (C=O) groups excluding carboxylic acids is 1. The van der Waals surface area contributed by atoms with Gasteiger partial charge in [-0.15, -0.1) is 0 Å². The van der Waals surface area contributed by atoms with Gasteiger partial charge in [0.1, 0.15) is 11.5 Å². The van der Waals surface area contributed by atoms with Crippen LogP contribution in [0, 0.1) is 0 Å². The van der Waals surface area contributed by atoms with Crippen molar-refractivity contribution in [2.24, 2.45) is 5.14 Å². The fraction of sp³-hybridized carbons (Fsp3) is 0.111. The number of nitrogens with one attached hydrogen (secondary N) is 1. The average molecular weight is 387 g/mol. The van der Waals surface area contributed by atoms with Gasteiger partial charge in [0.15, 0.2) is 0 Å². The summed E-state index contributed by atoms with van der Waals surface area (Å²) in [5.41, 5.74) is 1.20. The number of pyridine rings is 1. The fourth-order valence-corrected chi connectivity index (χ4v) is 3.13. The van der Waals surface area contributed by atoms with E-state index < -0.39 is 15.9 Å². The number of ether oxygens (including phenoxy) is 2. The first-order valence-electron chi connectivity index (χ1n) is 7.78. The highest BCUT2D eigenvalue weighted by Crippen LogP contribution is 2.28. The lowest BCUT2D eigenvalue weighted by atomic mass is 10.1. The van der Waals surface area contributed by atoms with Gasteiger partial charge in [-0.3, -0.25) is 9.78 Å². The number of nitrogens with zero attached hydrogens (tertiary/aromatic N) is 1. The molecule has 1 heterocycles. The second kappa shape index (κ2) is 7.22. The van der Waals surface area contributed by atoms with E-state index in [1.54, 1.807) is 37.6 Å². The first-order chi connectivity index (χ1) is 12.8. The van der Waals surface area contributed by atoms with E-state index in [-0.39, 0.29) is 16.2 Å². The number of anilines is 1. The molecule has 9 heteroatoms. The first-order valence-corrected chi connectivity index (χ1v) is 9.33. The Kier molecular flexibility index (Phi) is 4.98. The maximum atomic E-state index is 12.8. The number of carbonyl (C=O) groups is 1. The van der Waals surface area contributed by atoms with Gasteiger partial charge in [0, 0.05) is 11.6 Å². The maximum Gasteiger partial charge on any atom is 0.259 e. The summed E-state index contributed by atoms with van der Waals surface area (Å²) >= 11 is 0. The Morgan fingerprint density at radius 2 is 1.85 bits per heavy atom. The molecule has 0 aliphatic carbocycles. The Labute approximate surface area is 156 Å². The van der Waals surface area contributed by atoms with Crippen LogP contribution in [0.1, 0.15) is 10.4 Å². The van der Waals surface area contributed by atoms with Crippen molar-refractivity contribution in [2.75, 3.05) is 19.5 Å². The molecule has 0 radical (unpaired) electrons. The Morgan fingerprint density at radius 3 is 2.52 bits per heavy atom. The highest BCUT2D eigenvalue weighted by molar-refractivity contribution is 7.89. The monoisotopic (exact) mass is 387 g/mol.